The molecule has 0 radical (unpaired) electrons. The van der Waals surface area contributed by atoms with Crippen molar-refractivity contribution in [3.63, 3.8) is 0 Å². The Morgan fingerprint density at radius 3 is 3.10 bits per heavy atom. The summed E-state index contributed by atoms with van der Waals surface area (Å²) in [6.45, 7) is 1.94. The number of carbonyl (C=O) groups is 1. The maximum atomic E-state index is 12.0. The molecule has 0 aromatic carbocycles. The Hall–Kier alpha value is -1.66. The van der Waals surface area contributed by atoms with E-state index >= 15 is 0 Å². The standard InChI is InChI=1S/C14H17N3O2S/c18-13(16-10-3-5-15-6-4-10)8-11-9-19-14(17-11)12-2-1-7-20-12/h1-2,7,9-10,15H,3-6,8H2,(H,16,18). The molecule has 0 aliphatic carbocycles. The van der Waals surface area contributed by atoms with E-state index in [9.17, 15) is 4.79 Å². The first-order chi connectivity index (χ1) is 9.81. The van der Waals surface area contributed by atoms with Gasteiger partial charge in [-0.1, -0.05) is 6.07 Å². The number of nitrogens with zero attached hydrogens (tertiary/aromatic N) is 1. The van der Waals surface area contributed by atoms with E-state index < -0.39 is 0 Å². The molecule has 0 spiro atoms. The fraction of sp³-hybridized carbons (Fsp3) is 0.429. The predicted molar refractivity (Wildman–Crippen MR) is 77.6 cm³/mol. The van der Waals surface area contributed by atoms with Crippen molar-refractivity contribution in [1.29, 1.82) is 0 Å². The molecule has 106 valence electrons. The molecular weight excluding hydrogens is 274 g/mol. The zero-order valence-corrected chi connectivity index (χ0v) is 11.9. The van der Waals surface area contributed by atoms with E-state index in [1.807, 2.05) is 17.5 Å². The number of hydrogen-bond acceptors (Lipinski definition) is 5. The molecule has 0 unspecified atom stereocenters. The normalized spacial score (nSPS) is 16.2. The molecule has 0 bridgehead atoms. The summed E-state index contributed by atoms with van der Waals surface area (Å²) in [4.78, 5) is 17.3. The van der Waals surface area contributed by atoms with Gasteiger partial charge in [0.05, 0.1) is 17.0 Å². The quantitative estimate of drug-likeness (QED) is 0.901. The second-order valence-electron chi connectivity index (χ2n) is 4.89. The summed E-state index contributed by atoms with van der Waals surface area (Å²) in [6.07, 6.45) is 3.83. The summed E-state index contributed by atoms with van der Waals surface area (Å²) in [7, 11) is 0. The molecule has 1 fully saturated rings. The van der Waals surface area contributed by atoms with Crippen molar-refractivity contribution in [2.45, 2.75) is 25.3 Å². The first-order valence-corrected chi connectivity index (χ1v) is 7.67. The van der Waals surface area contributed by atoms with Crippen molar-refractivity contribution in [2.75, 3.05) is 13.1 Å². The average molecular weight is 291 g/mol. The number of oxazole rings is 1. The van der Waals surface area contributed by atoms with Crippen LogP contribution >= 0.6 is 11.3 Å². The molecule has 1 aliphatic heterocycles. The highest BCUT2D eigenvalue weighted by Gasteiger charge is 2.17. The third-order valence-corrected chi connectivity index (χ3v) is 4.19. The van der Waals surface area contributed by atoms with Gasteiger partial charge in [-0.05, 0) is 37.4 Å². The van der Waals surface area contributed by atoms with Crippen LogP contribution in [0.5, 0.6) is 0 Å². The number of piperidine rings is 1. The lowest BCUT2D eigenvalue weighted by molar-refractivity contribution is -0.121. The first-order valence-electron chi connectivity index (χ1n) is 6.79. The van der Waals surface area contributed by atoms with Crippen LogP contribution in [0.2, 0.25) is 0 Å². The molecular formula is C14H17N3O2S. The van der Waals surface area contributed by atoms with Crippen molar-refractivity contribution < 1.29 is 9.21 Å². The van der Waals surface area contributed by atoms with Gasteiger partial charge < -0.3 is 15.1 Å². The monoisotopic (exact) mass is 291 g/mol. The van der Waals surface area contributed by atoms with E-state index in [1.54, 1.807) is 17.6 Å². The molecule has 1 aliphatic rings. The van der Waals surface area contributed by atoms with Crippen molar-refractivity contribution in [3.05, 3.63) is 29.5 Å². The molecule has 6 heteroatoms. The van der Waals surface area contributed by atoms with Crippen molar-refractivity contribution in [3.8, 4) is 10.8 Å². The zero-order valence-electron chi connectivity index (χ0n) is 11.1. The van der Waals surface area contributed by atoms with Crippen LogP contribution in [0.25, 0.3) is 10.8 Å². The van der Waals surface area contributed by atoms with Crippen LogP contribution in [0.15, 0.2) is 28.2 Å². The Bertz CT molecular complexity index is 559. The maximum Gasteiger partial charge on any atom is 0.236 e. The number of rotatable bonds is 4. The van der Waals surface area contributed by atoms with Gasteiger partial charge >= 0.3 is 0 Å². The predicted octanol–water partition coefficient (Wildman–Crippen LogP) is 1.81. The molecule has 5 nitrogen and oxygen atoms in total. The van der Waals surface area contributed by atoms with Gasteiger partial charge in [-0.25, -0.2) is 4.98 Å². The molecule has 1 saturated heterocycles. The van der Waals surface area contributed by atoms with Gasteiger partial charge in [0.25, 0.3) is 0 Å². The highest BCUT2D eigenvalue weighted by molar-refractivity contribution is 7.13. The van der Waals surface area contributed by atoms with Gasteiger partial charge in [0.2, 0.25) is 11.8 Å². The topological polar surface area (TPSA) is 67.2 Å². The number of nitrogens with one attached hydrogen (secondary N) is 2. The zero-order chi connectivity index (χ0) is 13.8. The molecule has 0 atom stereocenters. The molecule has 3 heterocycles. The van der Waals surface area contributed by atoms with E-state index in [4.69, 9.17) is 4.42 Å². The first kappa shape index (κ1) is 13.3. The van der Waals surface area contributed by atoms with Crippen LogP contribution in [0.1, 0.15) is 18.5 Å². The smallest absolute Gasteiger partial charge is 0.236 e. The number of thiophene rings is 1. The van der Waals surface area contributed by atoms with Crippen molar-refractivity contribution in [1.82, 2.24) is 15.6 Å². The van der Waals surface area contributed by atoms with Gasteiger partial charge in [0, 0.05) is 6.04 Å². The minimum absolute atomic E-state index is 0.0166. The van der Waals surface area contributed by atoms with Crippen molar-refractivity contribution >= 4 is 17.2 Å². The highest BCUT2D eigenvalue weighted by atomic mass is 32.1. The van der Waals surface area contributed by atoms with E-state index in [-0.39, 0.29) is 18.4 Å². The summed E-state index contributed by atoms with van der Waals surface area (Å²) in [6, 6.07) is 4.19. The van der Waals surface area contributed by atoms with Crippen LogP contribution in [0, 0.1) is 0 Å². The number of hydrogen-bond donors (Lipinski definition) is 2. The second-order valence-corrected chi connectivity index (χ2v) is 5.84. The molecule has 20 heavy (non-hydrogen) atoms. The molecule has 0 saturated carbocycles. The Balaban J connectivity index is 1.56. The van der Waals surface area contributed by atoms with Crippen LogP contribution in [0.3, 0.4) is 0 Å². The third-order valence-electron chi connectivity index (χ3n) is 3.33. The minimum atomic E-state index is 0.0166. The molecule has 1 amide bonds. The van der Waals surface area contributed by atoms with E-state index in [2.05, 4.69) is 15.6 Å². The maximum absolute atomic E-state index is 12.0. The Kier molecular flexibility index (Phi) is 4.13. The van der Waals surface area contributed by atoms with Gasteiger partial charge in [-0.2, -0.15) is 0 Å². The van der Waals surface area contributed by atoms with E-state index in [1.165, 1.54) is 0 Å². The summed E-state index contributed by atoms with van der Waals surface area (Å²) < 4.78 is 5.41. The molecule has 3 rings (SSSR count). The van der Waals surface area contributed by atoms with Crippen LogP contribution in [-0.4, -0.2) is 30.0 Å². The van der Waals surface area contributed by atoms with Crippen LogP contribution < -0.4 is 10.6 Å². The fourth-order valence-electron chi connectivity index (χ4n) is 2.31. The minimum Gasteiger partial charge on any atom is -0.444 e. The summed E-state index contributed by atoms with van der Waals surface area (Å²) in [5.41, 5.74) is 0.680. The Labute approximate surface area is 121 Å². The van der Waals surface area contributed by atoms with Gasteiger partial charge in [-0.3, -0.25) is 4.79 Å². The Morgan fingerprint density at radius 1 is 1.50 bits per heavy atom. The summed E-state index contributed by atoms with van der Waals surface area (Å²) >= 11 is 1.57. The number of carbonyl (C=O) groups excluding carboxylic acids is 1. The largest absolute Gasteiger partial charge is 0.444 e. The van der Waals surface area contributed by atoms with Gasteiger partial charge in [-0.15, -0.1) is 11.3 Å². The van der Waals surface area contributed by atoms with Gasteiger partial charge in [0.1, 0.15) is 6.26 Å². The van der Waals surface area contributed by atoms with E-state index in [0.29, 0.717) is 11.6 Å². The summed E-state index contributed by atoms with van der Waals surface area (Å²) in [5, 5.41) is 8.31. The average Bonchev–Trinajstić information content (AvgIpc) is 3.10. The SMILES string of the molecule is O=C(Cc1coc(-c2cccs2)n1)NC1CCNCC1. The lowest BCUT2D eigenvalue weighted by Crippen LogP contribution is -2.43. The van der Waals surface area contributed by atoms with Gasteiger partial charge in [0.15, 0.2) is 0 Å². The molecule has 2 aromatic heterocycles. The van der Waals surface area contributed by atoms with Crippen LogP contribution in [0.4, 0.5) is 0 Å². The Morgan fingerprint density at radius 2 is 2.35 bits per heavy atom. The number of amides is 1. The molecule has 2 aromatic rings. The fourth-order valence-corrected chi connectivity index (χ4v) is 2.97. The highest BCUT2D eigenvalue weighted by Crippen LogP contribution is 2.23. The number of aromatic nitrogens is 1. The van der Waals surface area contributed by atoms with E-state index in [0.717, 1.165) is 30.8 Å². The van der Waals surface area contributed by atoms with Crippen molar-refractivity contribution in [2.24, 2.45) is 0 Å². The lowest BCUT2D eigenvalue weighted by atomic mass is 10.1. The third kappa shape index (κ3) is 3.26. The molecule has 2 N–H and O–H groups in total. The second kappa shape index (κ2) is 6.19. The van der Waals surface area contributed by atoms with Crippen LogP contribution in [-0.2, 0) is 11.2 Å². The lowest BCUT2D eigenvalue weighted by Gasteiger charge is -2.23. The summed E-state index contributed by atoms with van der Waals surface area (Å²) in [5.74, 6) is 0.604.